The van der Waals surface area contributed by atoms with E-state index >= 15 is 0 Å². The molecule has 0 aliphatic carbocycles. The number of rotatable bonds is 5. The van der Waals surface area contributed by atoms with Gasteiger partial charge in [-0.25, -0.2) is 0 Å². The van der Waals surface area contributed by atoms with Crippen molar-refractivity contribution in [2.24, 2.45) is 0 Å². The number of nitrogens with zero attached hydrogens (tertiary/aromatic N) is 1. The van der Waals surface area contributed by atoms with E-state index in [1.807, 2.05) is 11.8 Å². The van der Waals surface area contributed by atoms with E-state index in [4.69, 9.17) is 4.74 Å². The van der Waals surface area contributed by atoms with E-state index < -0.39 is 0 Å². The number of para-hydroxylation sites is 1. The lowest BCUT2D eigenvalue weighted by Crippen LogP contribution is -2.40. The molecule has 1 saturated heterocycles. The molecule has 126 valence electrons. The van der Waals surface area contributed by atoms with Crippen LogP contribution in [0.1, 0.15) is 5.56 Å². The summed E-state index contributed by atoms with van der Waals surface area (Å²) in [7, 11) is 0. The molecule has 0 bridgehead atoms. The average Bonchev–Trinajstić information content (AvgIpc) is 2.64. The van der Waals surface area contributed by atoms with E-state index in [0.29, 0.717) is 0 Å². The Morgan fingerprint density at radius 2 is 1.88 bits per heavy atom. The molecule has 0 amide bonds. The number of anilines is 2. The third kappa shape index (κ3) is 3.75. The summed E-state index contributed by atoms with van der Waals surface area (Å²) in [6, 6.07) is 15.2. The Morgan fingerprint density at radius 1 is 1.04 bits per heavy atom. The second-order valence-electron chi connectivity index (χ2n) is 6.18. The van der Waals surface area contributed by atoms with Crippen molar-refractivity contribution < 1.29 is 4.74 Å². The fraction of sp³-hybridized carbons (Fsp3) is 0.368. The minimum absolute atomic E-state index is 0.872. The van der Waals surface area contributed by atoms with Gasteiger partial charge in [0.25, 0.3) is 0 Å². The highest BCUT2D eigenvalue weighted by atomic mass is 32.2. The molecule has 2 aromatic carbocycles. The second kappa shape index (κ2) is 7.57. The highest BCUT2D eigenvalue weighted by molar-refractivity contribution is 7.99. The molecule has 0 radical (unpaired) electrons. The maximum Gasteiger partial charge on any atom is 0.0594 e. The van der Waals surface area contributed by atoms with Gasteiger partial charge in [0.2, 0.25) is 0 Å². The van der Waals surface area contributed by atoms with Gasteiger partial charge in [-0.2, -0.15) is 0 Å². The molecule has 1 fully saturated rings. The van der Waals surface area contributed by atoms with Gasteiger partial charge in [0.05, 0.1) is 24.6 Å². The van der Waals surface area contributed by atoms with Crippen molar-refractivity contribution in [1.29, 1.82) is 0 Å². The zero-order valence-electron chi connectivity index (χ0n) is 13.8. The summed E-state index contributed by atoms with van der Waals surface area (Å²) < 4.78 is 5.38. The normalized spacial score (nSPS) is 17.0. The minimum Gasteiger partial charge on any atom is -0.379 e. The third-order valence-corrected chi connectivity index (χ3v) is 5.59. The molecular formula is C19H23N3OS. The summed E-state index contributed by atoms with van der Waals surface area (Å²) in [5.74, 6) is 0. The summed E-state index contributed by atoms with van der Waals surface area (Å²) in [4.78, 5) is 5.06. The lowest BCUT2D eigenvalue weighted by atomic mass is 10.2. The van der Waals surface area contributed by atoms with Crippen LogP contribution in [-0.2, 0) is 11.3 Å². The van der Waals surface area contributed by atoms with Gasteiger partial charge in [0.1, 0.15) is 0 Å². The highest BCUT2D eigenvalue weighted by Gasteiger charge is 2.15. The zero-order valence-corrected chi connectivity index (χ0v) is 14.6. The van der Waals surface area contributed by atoms with Crippen molar-refractivity contribution in [2.75, 3.05) is 44.7 Å². The van der Waals surface area contributed by atoms with Gasteiger partial charge < -0.3 is 15.4 Å². The molecule has 0 atom stereocenters. The standard InChI is InChI=1S/C19H23N3OS/c1-2-4-18-16(3-1)21-17-6-5-15(13-19(17)24-18)14-20-7-8-22-9-11-23-12-10-22/h1-6,13,20-21H,7-12,14H2. The molecule has 5 heteroatoms. The number of ether oxygens (including phenoxy) is 1. The predicted octanol–water partition coefficient (Wildman–Crippen LogP) is 3.32. The number of nitrogens with one attached hydrogen (secondary N) is 2. The summed E-state index contributed by atoms with van der Waals surface area (Å²) >= 11 is 1.85. The van der Waals surface area contributed by atoms with Gasteiger partial charge in [-0.1, -0.05) is 30.0 Å². The summed E-state index contributed by atoms with van der Waals surface area (Å²) in [5, 5.41) is 7.08. The Labute approximate surface area is 147 Å². The van der Waals surface area contributed by atoms with Crippen LogP contribution in [0.15, 0.2) is 52.3 Å². The first-order valence-corrected chi connectivity index (χ1v) is 9.38. The molecule has 2 aromatic rings. The summed E-state index contributed by atoms with van der Waals surface area (Å²) in [5.41, 5.74) is 3.74. The fourth-order valence-corrected chi connectivity index (χ4v) is 4.13. The van der Waals surface area contributed by atoms with Crippen LogP contribution in [0, 0.1) is 0 Å². The molecular weight excluding hydrogens is 318 g/mol. The molecule has 0 spiro atoms. The van der Waals surface area contributed by atoms with Gasteiger partial charge >= 0.3 is 0 Å². The maximum absolute atomic E-state index is 5.38. The van der Waals surface area contributed by atoms with E-state index in [2.05, 4.69) is 58.0 Å². The lowest BCUT2D eigenvalue weighted by molar-refractivity contribution is 0.0384. The quantitative estimate of drug-likeness (QED) is 0.696. The Hall–Kier alpha value is -1.53. The van der Waals surface area contributed by atoms with Crippen molar-refractivity contribution in [3.05, 3.63) is 48.0 Å². The van der Waals surface area contributed by atoms with Crippen molar-refractivity contribution in [2.45, 2.75) is 16.3 Å². The van der Waals surface area contributed by atoms with E-state index in [1.165, 1.54) is 26.7 Å². The van der Waals surface area contributed by atoms with Gasteiger partial charge in [-0.3, -0.25) is 4.90 Å². The average molecular weight is 341 g/mol. The van der Waals surface area contributed by atoms with Gasteiger partial charge in [0, 0.05) is 42.5 Å². The lowest BCUT2D eigenvalue weighted by Gasteiger charge is -2.26. The molecule has 2 aliphatic heterocycles. The van der Waals surface area contributed by atoms with Crippen molar-refractivity contribution >= 4 is 23.1 Å². The second-order valence-corrected chi connectivity index (χ2v) is 7.27. The SMILES string of the molecule is c1ccc2c(c1)Nc1ccc(CNCCN3CCOCC3)cc1S2. The Bertz CT molecular complexity index is 701. The Morgan fingerprint density at radius 3 is 2.79 bits per heavy atom. The summed E-state index contributed by atoms with van der Waals surface area (Å²) in [6.45, 7) is 6.89. The first kappa shape index (κ1) is 16.0. The van der Waals surface area contributed by atoms with Crippen LogP contribution in [0.25, 0.3) is 0 Å². The number of hydrogen-bond acceptors (Lipinski definition) is 5. The molecule has 0 saturated carbocycles. The monoisotopic (exact) mass is 341 g/mol. The minimum atomic E-state index is 0.872. The number of benzene rings is 2. The number of hydrogen-bond donors (Lipinski definition) is 2. The molecule has 4 nitrogen and oxygen atoms in total. The van der Waals surface area contributed by atoms with Crippen molar-refractivity contribution in [1.82, 2.24) is 10.2 Å². The highest BCUT2D eigenvalue weighted by Crippen LogP contribution is 2.44. The maximum atomic E-state index is 5.38. The Balaban J connectivity index is 1.31. The van der Waals surface area contributed by atoms with Crippen LogP contribution < -0.4 is 10.6 Å². The third-order valence-electron chi connectivity index (χ3n) is 4.46. The molecule has 2 aliphatic rings. The van der Waals surface area contributed by atoms with Crippen LogP contribution in [0.2, 0.25) is 0 Å². The van der Waals surface area contributed by atoms with E-state index in [0.717, 1.165) is 45.9 Å². The first-order valence-electron chi connectivity index (χ1n) is 8.56. The van der Waals surface area contributed by atoms with E-state index in [1.54, 1.807) is 0 Å². The molecule has 4 rings (SSSR count). The molecule has 0 aromatic heterocycles. The van der Waals surface area contributed by atoms with Crippen LogP contribution in [0.5, 0.6) is 0 Å². The van der Waals surface area contributed by atoms with Gasteiger partial charge in [-0.15, -0.1) is 0 Å². The van der Waals surface area contributed by atoms with Gasteiger partial charge in [-0.05, 0) is 29.8 Å². The fourth-order valence-electron chi connectivity index (χ4n) is 3.08. The van der Waals surface area contributed by atoms with Crippen LogP contribution in [-0.4, -0.2) is 44.3 Å². The topological polar surface area (TPSA) is 36.5 Å². The summed E-state index contributed by atoms with van der Waals surface area (Å²) in [6.07, 6.45) is 0. The van der Waals surface area contributed by atoms with E-state index in [9.17, 15) is 0 Å². The van der Waals surface area contributed by atoms with Gasteiger partial charge in [0.15, 0.2) is 0 Å². The number of fused-ring (bicyclic) bond motifs is 2. The smallest absolute Gasteiger partial charge is 0.0594 e. The largest absolute Gasteiger partial charge is 0.379 e. The van der Waals surface area contributed by atoms with Crippen LogP contribution in [0.4, 0.5) is 11.4 Å². The van der Waals surface area contributed by atoms with E-state index in [-0.39, 0.29) is 0 Å². The van der Waals surface area contributed by atoms with Crippen LogP contribution in [0.3, 0.4) is 0 Å². The van der Waals surface area contributed by atoms with Crippen molar-refractivity contribution in [3.8, 4) is 0 Å². The molecule has 2 N–H and O–H groups in total. The molecule has 2 heterocycles. The Kier molecular flexibility index (Phi) is 5.04. The number of morpholine rings is 1. The van der Waals surface area contributed by atoms with Crippen molar-refractivity contribution in [3.63, 3.8) is 0 Å². The molecule has 0 unspecified atom stereocenters. The first-order chi connectivity index (χ1) is 11.9. The zero-order chi connectivity index (χ0) is 16.2. The predicted molar refractivity (Wildman–Crippen MR) is 99.3 cm³/mol. The molecule has 24 heavy (non-hydrogen) atoms. The van der Waals surface area contributed by atoms with Crippen LogP contribution >= 0.6 is 11.8 Å².